The molecule has 1 aliphatic carbocycles. The molecule has 2 heterocycles. The van der Waals surface area contributed by atoms with Crippen LogP contribution in [-0.4, -0.2) is 104 Å². The predicted octanol–water partition coefficient (Wildman–Crippen LogP) is 0.249. The third kappa shape index (κ3) is 8.37. The third-order valence-corrected chi connectivity index (χ3v) is 8.00. The van der Waals surface area contributed by atoms with Crippen molar-refractivity contribution in [1.29, 1.82) is 0 Å². The van der Waals surface area contributed by atoms with E-state index in [4.69, 9.17) is 14.2 Å². The molecule has 5 unspecified atom stereocenters. The number of methoxy groups -OCH3 is 1. The molecule has 12 nitrogen and oxygen atoms in total. The molecule has 2 aliphatic heterocycles. The SMILES string of the molecule is COc1ccc(C(O)C(NC(=O)C(C)NC(=O)CN2CCOCC2)C(=O)NC(CC2CC=CC2)C(=O)C2(C)CO2)cc1. The van der Waals surface area contributed by atoms with Crippen LogP contribution in [0.2, 0.25) is 0 Å². The first-order chi connectivity index (χ1) is 20.1. The van der Waals surface area contributed by atoms with Crippen LogP contribution in [0.15, 0.2) is 36.4 Å². The molecule has 1 aromatic carbocycles. The van der Waals surface area contributed by atoms with Crippen LogP contribution in [-0.2, 0) is 28.7 Å². The van der Waals surface area contributed by atoms with Gasteiger partial charge in [0.05, 0.1) is 39.5 Å². The molecule has 2 fully saturated rings. The average molecular weight is 587 g/mol. The fourth-order valence-corrected chi connectivity index (χ4v) is 5.19. The van der Waals surface area contributed by atoms with Gasteiger partial charge in [-0.25, -0.2) is 0 Å². The Morgan fingerprint density at radius 2 is 1.69 bits per heavy atom. The fourth-order valence-electron chi connectivity index (χ4n) is 5.19. The number of ether oxygens (including phenoxy) is 3. The Kier molecular flexibility index (Phi) is 10.7. The topological polar surface area (TPSA) is 159 Å². The van der Waals surface area contributed by atoms with Crippen LogP contribution in [0.4, 0.5) is 0 Å². The quantitative estimate of drug-likeness (QED) is 0.177. The maximum absolute atomic E-state index is 13.7. The van der Waals surface area contributed by atoms with Gasteiger partial charge in [0.25, 0.3) is 0 Å². The van der Waals surface area contributed by atoms with Crippen molar-refractivity contribution in [2.75, 3.05) is 46.6 Å². The van der Waals surface area contributed by atoms with Crippen molar-refractivity contribution in [3.8, 4) is 5.75 Å². The summed E-state index contributed by atoms with van der Waals surface area (Å²) in [5.41, 5.74) is -0.600. The number of allylic oxidation sites excluding steroid dienone is 2. The van der Waals surface area contributed by atoms with Gasteiger partial charge in [0.15, 0.2) is 5.78 Å². The van der Waals surface area contributed by atoms with E-state index in [1.165, 1.54) is 14.0 Å². The molecule has 3 aliphatic rings. The summed E-state index contributed by atoms with van der Waals surface area (Å²) in [5, 5.41) is 19.4. The average Bonchev–Trinajstić information content (AvgIpc) is 3.53. The molecule has 0 radical (unpaired) electrons. The molecule has 12 heteroatoms. The van der Waals surface area contributed by atoms with E-state index >= 15 is 0 Å². The summed E-state index contributed by atoms with van der Waals surface area (Å²) in [4.78, 5) is 54.8. The van der Waals surface area contributed by atoms with Gasteiger partial charge >= 0.3 is 0 Å². The molecule has 5 atom stereocenters. The van der Waals surface area contributed by atoms with E-state index in [0.717, 1.165) is 12.8 Å². The van der Waals surface area contributed by atoms with Crippen molar-refractivity contribution in [2.24, 2.45) is 5.92 Å². The van der Waals surface area contributed by atoms with Gasteiger partial charge < -0.3 is 35.3 Å². The number of hydrogen-bond acceptors (Lipinski definition) is 9. The highest BCUT2D eigenvalue weighted by Gasteiger charge is 2.50. The first kappa shape index (κ1) is 31.6. The van der Waals surface area contributed by atoms with Crippen LogP contribution in [0.3, 0.4) is 0 Å². The zero-order valence-corrected chi connectivity index (χ0v) is 24.5. The molecule has 0 bridgehead atoms. The minimum atomic E-state index is -1.45. The molecular formula is C30H42N4O8. The highest BCUT2D eigenvalue weighted by atomic mass is 16.6. The Hall–Kier alpha value is -3.32. The number of carbonyl (C=O) groups is 4. The Morgan fingerprint density at radius 3 is 2.29 bits per heavy atom. The highest BCUT2D eigenvalue weighted by molar-refractivity contribution is 5.98. The fraction of sp³-hybridized carbons (Fsp3) is 0.600. The number of hydrogen-bond donors (Lipinski definition) is 4. The van der Waals surface area contributed by atoms with Gasteiger partial charge in [0.1, 0.15) is 29.5 Å². The van der Waals surface area contributed by atoms with Crippen molar-refractivity contribution < 1.29 is 38.5 Å². The lowest BCUT2D eigenvalue weighted by molar-refractivity contribution is -0.136. The summed E-state index contributed by atoms with van der Waals surface area (Å²) in [6.45, 7) is 5.89. The standard InChI is InChI=1S/C30H42N4O8/c1-19(31-24(35)17-34-12-14-41-15-13-34)28(38)33-25(26(36)21-8-10-22(40-3)11-9-21)29(39)32-23(16-20-6-4-5-7-20)27(37)30(2)18-42-30/h4-5,8-11,19-20,23,25-26,36H,6-7,12-18H2,1-3H3,(H,31,35)(H,32,39)(H,33,38). The maximum atomic E-state index is 13.7. The number of epoxide rings is 1. The molecule has 2 saturated heterocycles. The second kappa shape index (κ2) is 14.2. The summed E-state index contributed by atoms with van der Waals surface area (Å²) in [6, 6.07) is 3.16. The molecule has 4 N–H and O–H groups in total. The smallest absolute Gasteiger partial charge is 0.246 e. The second-order valence-electron chi connectivity index (χ2n) is 11.4. The van der Waals surface area contributed by atoms with E-state index in [2.05, 4.69) is 28.1 Å². The number of nitrogens with zero attached hydrogens (tertiary/aromatic N) is 1. The van der Waals surface area contributed by atoms with Crippen molar-refractivity contribution in [1.82, 2.24) is 20.9 Å². The maximum Gasteiger partial charge on any atom is 0.246 e. The van der Waals surface area contributed by atoms with Gasteiger partial charge in [-0.3, -0.25) is 24.1 Å². The van der Waals surface area contributed by atoms with E-state index in [1.54, 1.807) is 31.2 Å². The molecule has 3 amide bonds. The van der Waals surface area contributed by atoms with Gasteiger partial charge in [-0.2, -0.15) is 0 Å². The molecular weight excluding hydrogens is 544 g/mol. The number of rotatable bonds is 14. The van der Waals surface area contributed by atoms with Crippen LogP contribution in [0.1, 0.15) is 44.8 Å². The summed E-state index contributed by atoms with van der Waals surface area (Å²) < 4.78 is 15.9. The van der Waals surface area contributed by atoms with E-state index in [1.807, 2.05) is 4.90 Å². The first-order valence-corrected chi connectivity index (χ1v) is 14.4. The van der Waals surface area contributed by atoms with Crippen molar-refractivity contribution in [3.63, 3.8) is 0 Å². The third-order valence-electron chi connectivity index (χ3n) is 8.00. The zero-order valence-electron chi connectivity index (χ0n) is 24.5. The second-order valence-corrected chi connectivity index (χ2v) is 11.4. The largest absolute Gasteiger partial charge is 0.497 e. The molecule has 1 aromatic rings. The number of amides is 3. The van der Waals surface area contributed by atoms with Gasteiger partial charge in [0, 0.05) is 13.1 Å². The zero-order chi connectivity index (χ0) is 30.3. The number of ketones is 1. The summed E-state index contributed by atoms with van der Waals surface area (Å²) >= 11 is 0. The number of carbonyl (C=O) groups excluding carboxylic acids is 4. The van der Waals surface area contributed by atoms with Gasteiger partial charge in [-0.1, -0.05) is 24.3 Å². The minimum Gasteiger partial charge on any atom is -0.497 e. The van der Waals surface area contributed by atoms with Crippen LogP contribution in [0.5, 0.6) is 5.75 Å². The van der Waals surface area contributed by atoms with Gasteiger partial charge in [-0.15, -0.1) is 0 Å². The van der Waals surface area contributed by atoms with Gasteiger partial charge in [0.2, 0.25) is 17.7 Å². The minimum absolute atomic E-state index is 0.111. The van der Waals surface area contributed by atoms with Crippen molar-refractivity contribution in [2.45, 2.75) is 62.9 Å². The van der Waals surface area contributed by atoms with Crippen LogP contribution < -0.4 is 20.7 Å². The number of Topliss-reactive ketones (excluding diaryl/α,β-unsaturated/α-hetero) is 1. The molecule has 4 rings (SSSR count). The number of nitrogens with one attached hydrogen (secondary N) is 3. The lowest BCUT2D eigenvalue weighted by Gasteiger charge is -2.29. The molecule has 230 valence electrons. The Morgan fingerprint density at radius 1 is 1.05 bits per heavy atom. The van der Waals surface area contributed by atoms with E-state index in [9.17, 15) is 24.3 Å². The van der Waals surface area contributed by atoms with Crippen LogP contribution in [0, 0.1) is 5.92 Å². The number of aliphatic hydroxyl groups is 1. The number of morpholine rings is 1. The molecule has 0 aromatic heterocycles. The molecule has 0 spiro atoms. The molecule has 42 heavy (non-hydrogen) atoms. The van der Waals surface area contributed by atoms with E-state index in [0.29, 0.717) is 44.0 Å². The molecule has 0 saturated carbocycles. The van der Waals surface area contributed by atoms with Crippen molar-refractivity contribution >= 4 is 23.5 Å². The highest BCUT2D eigenvalue weighted by Crippen LogP contribution is 2.32. The van der Waals surface area contributed by atoms with Crippen LogP contribution >= 0.6 is 0 Å². The van der Waals surface area contributed by atoms with Crippen molar-refractivity contribution in [3.05, 3.63) is 42.0 Å². The summed E-state index contributed by atoms with van der Waals surface area (Å²) in [6.07, 6.45) is 4.65. The number of aliphatic hydroxyl groups excluding tert-OH is 1. The van der Waals surface area contributed by atoms with Crippen LogP contribution in [0.25, 0.3) is 0 Å². The Bertz CT molecular complexity index is 1140. The number of benzene rings is 1. The lowest BCUT2D eigenvalue weighted by Crippen LogP contribution is -2.58. The Labute approximate surface area is 246 Å². The lowest BCUT2D eigenvalue weighted by atomic mass is 9.90. The van der Waals surface area contributed by atoms with E-state index < -0.39 is 41.6 Å². The Balaban J connectivity index is 1.47. The van der Waals surface area contributed by atoms with Gasteiger partial charge in [-0.05, 0) is 56.7 Å². The summed E-state index contributed by atoms with van der Waals surface area (Å²) in [5.74, 6) is -1.21. The normalized spacial score (nSPS) is 23.3. The monoisotopic (exact) mass is 586 g/mol. The summed E-state index contributed by atoms with van der Waals surface area (Å²) in [7, 11) is 1.51. The predicted molar refractivity (Wildman–Crippen MR) is 153 cm³/mol. The first-order valence-electron chi connectivity index (χ1n) is 14.4. The van der Waals surface area contributed by atoms with E-state index in [-0.39, 0.29) is 30.8 Å².